The highest BCUT2D eigenvalue weighted by molar-refractivity contribution is 5.54. The van der Waals surface area contributed by atoms with Gasteiger partial charge in [-0.2, -0.15) is 19.3 Å². The summed E-state index contributed by atoms with van der Waals surface area (Å²) in [4.78, 5) is 20.7. The van der Waals surface area contributed by atoms with Crippen LogP contribution in [-0.2, 0) is 0 Å². The summed E-state index contributed by atoms with van der Waals surface area (Å²) in [5.41, 5.74) is 1.32. The molecule has 0 atom stereocenters. The van der Waals surface area contributed by atoms with E-state index < -0.39 is 5.95 Å². The Morgan fingerprint density at radius 1 is 1.19 bits per heavy atom. The molecule has 2 aromatic rings. The van der Waals surface area contributed by atoms with Gasteiger partial charge in [-0.1, -0.05) is 26.8 Å². The highest BCUT2D eigenvalue weighted by atomic mass is 19.1. The number of aromatic nitrogens is 4. The predicted molar refractivity (Wildman–Crippen MR) is 107 cm³/mol. The monoisotopic (exact) mass is 369 g/mol. The van der Waals surface area contributed by atoms with Crippen LogP contribution in [0.3, 0.4) is 0 Å². The molecule has 2 N–H and O–H groups in total. The molecule has 0 aliphatic carbocycles. The van der Waals surface area contributed by atoms with Gasteiger partial charge >= 0.3 is 0 Å². The molecule has 0 saturated carbocycles. The maximum absolute atomic E-state index is 13.1. The number of hydrogen-bond donors (Lipinski definition) is 2. The molecular formula is C19H24FN7. The van der Waals surface area contributed by atoms with Crippen LogP contribution in [-0.4, -0.2) is 33.2 Å². The van der Waals surface area contributed by atoms with Gasteiger partial charge in [-0.3, -0.25) is 4.98 Å². The van der Waals surface area contributed by atoms with Crippen molar-refractivity contribution in [1.82, 2.24) is 19.9 Å². The van der Waals surface area contributed by atoms with E-state index in [0.717, 1.165) is 0 Å². The first-order valence-electron chi connectivity index (χ1n) is 8.46. The quantitative estimate of drug-likeness (QED) is 0.432. The van der Waals surface area contributed by atoms with Crippen molar-refractivity contribution in [3.63, 3.8) is 0 Å². The van der Waals surface area contributed by atoms with Gasteiger partial charge in [0.1, 0.15) is 5.69 Å². The molecule has 2 heterocycles. The van der Waals surface area contributed by atoms with Crippen LogP contribution in [0.2, 0.25) is 0 Å². The van der Waals surface area contributed by atoms with E-state index in [-0.39, 0.29) is 5.41 Å². The molecule has 0 unspecified atom stereocenters. The zero-order valence-corrected chi connectivity index (χ0v) is 16.0. The minimum atomic E-state index is -0.673. The van der Waals surface area contributed by atoms with Crippen molar-refractivity contribution < 1.29 is 4.39 Å². The standard InChI is InChI=1S/C19H24FN7/c1-13(9-10-15(20)21-5)24-18-26-16(14-8-6-7-11-22-14)25-17(27-18)23-12-19(2,3)4/h6-11H,5,12H2,1-4H3,(H2,23,24,25,26,27)/b13-9+,15-10-. The summed E-state index contributed by atoms with van der Waals surface area (Å²) in [6.07, 6.45) is 4.40. The highest BCUT2D eigenvalue weighted by Crippen LogP contribution is 2.18. The van der Waals surface area contributed by atoms with E-state index in [1.54, 1.807) is 13.1 Å². The number of anilines is 2. The van der Waals surface area contributed by atoms with Crippen LogP contribution >= 0.6 is 0 Å². The van der Waals surface area contributed by atoms with Crippen molar-refractivity contribution in [2.75, 3.05) is 17.2 Å². The summed E-state index contributed by atoms with van der Waals surface area (Å²) in [6.45, 7) is 11.9. The molecule has 0 fully saturated rings. The number of allylic oxidation sites excluding steroid dienone is 3. The Labute approximate surface area is 158 Å². The smallest absolute Gasteiger partial charge is 0.232 e. The third-order valence-electron chi connectivity index (χ3n) is 3.24. The molecule has 0 aliphatic rings. The normalized spacial score (nSPS) is 12.6. The second kappa shape index (κ2) is 8.98. The Morgan fingerprint density at radius 2 is 1.93 bits per heavy atom. The van der Waals surface area contributed by atoms with Crippen molar-refractivity contribution in [1.29, 1.82) is 0 Å². The first-order valence-corrected chi connectivity index (χ1v) is 8.46. The average Bonchev–Trinajstić information content (AvgIpc) is 2.64. The van der Waals surface area contributed by atoms with Crippen LogP contribution in [0.15, 0.2) is 53.2 Å². The van der Waals surface area contributed by atoms with Gasteiger partial charge in [-0.25, -0.2) is 4.99 Å². The number of hydrogen-bond acceptors (Lipinski definition) is 7. The fourth-order valence-corrected chi connectivity index (χ4v) is 1.93. The fourth-order valence-electron chi connectivity index (χ4n) is 1.93. The van der Waals surface area contributed by atoms with Crippen LogP contribution < -0.4 is 10.6 Å². The van der Waals surface area contributed by atoms with Crippen LogP contribution in [0, 0.1) is 5.41 Å². The van der Waals surface area contributed by atoms with Gasteiger partial charge in [0, 0.05) is 18.4 Å². The Hall–Kier alpha value is -3.16. The second-order valence-corrected chi connectivity index (χ2v) is 7.06. The van der Waals surface area contributed by atoms with E-state index in [9.17, 15) is 4.39 Å². The number of rotatable bonds is 7. The van der Waals surface area contributed by atoms with Gasteiger partial charge in [-0.05, 0) is 43.3 Å². The number of pyridine rings is 1. The van der Waals surface area contributed by atoms with Crippen molar-refractivity contribution in [3.8, 4) is 11.5 Å². The zero-order valence-electron chi connectivity index (χ0n) is 16.0. The van der Waals surface area contributed by atoms with Crippen LogP contribution in [0.1, 0.15) is 27.7 Å². The van der Waals surface area contributed by atoms with Crippen molar-refractivity contribution in [2.45, 2.75) is 27.7 Å². The lowest BCUT2D eigenvalue weighted by Gasteiger charge is -2.19. The third-order valence-corrected chi connectivity index (χ3v) is 3.24. The van der Waals surface area contributed by atoms with E-state index in [4.69, 9.17) is 0 Å². The summed E-state index contributed by atoms with van der Waals surface area (Å²) < 4.78 is 13.1. The minimum Gasteiger partial charge on any atom is -0.354 e. The van der Waals surface area contributed by atoms with Gasteiger partial charge in [0.2, 0.25) is 17.8 Å². The molecule has 27 heavy (non-hydrogen) atoms. The first-order chi connectivity index (χ1) is 12.8. The number of nitrogens with zero attached hydrogens (tertiary/aromatic N) is 5. The van der Waals surface area contributed by atoms with Crippen LogP contribution in [0.4, 0.5) is 16.3 Å². The zero-order chi connectivity index (χ0) is 19.9. The predicted octanol–water partition coefficient (Wildman–Crippen LogP) is 4.22. The lowest BCUT2D eigenvalue weighted by Crippen LogP contribution is -2.21. The molecule has 8 heteroatoms. The van der Waals surface area contributed by atoms with E-state index in [0.29, 0.717) is 35.7 Å². The Kier molecular flexibility index (Phi) is 6.70. The number of nitrogens with one attached hydrogen (secondary N) is 2. The van der Waals surface area contributed by atoms with Gasteiger partial charge in [0.15, 0.2) is 5.82 Å². The summed E-state index contributed by atoms with van der Waals surface area (Å²) in [7, 11) is 0. The van der Waals surface area contributed by atoms with Gasteiger partial charge in [-0.15, -0.1) is 0 Å². The van der Waals surface area contributed by atoms with Crippen molar-refractivity contribution >= 4 is 18.6 Å². The van der Waals surface area contributed by atoms with E-state index in [1.165, 1.54) is 12.2 Å². The van der Waals surface area contributed by atoms with Gasteiger partial charge < -0.3 is 10.6 Å². The molecule has 0 amide bonds. The second-order valence-electron chi connectivity index (χ2n) is 7.06. The first kappa shape index (κ1) is 20.2. The van der Waals surface area contributed by atoms with E-state index >= 15 is 0 Å². The topological polar surface area (TPSA) is 88.0 Å². The SMILES string of the molecule is C=N/C(F)=C\C=C(/C)Nc1nc(NCC(C)(C)C)nc(-c2ccccn2)n1. The highest BCUT2D eigenvalue weighted by Gasteiger charge is 2.13. The lowest BCUT2D eigenvalue weighted by atomic mass is 9.97. The molecular weight excluding hydrogens is 345 g/mol. The fraction of sp³-hybridized carbons (Fsp3) is 0.316. The average molecular weight is 369 g/mol. The molecule has 2 aromatic heterocycles. The molecule has 7 nitrogen and oxygen atoms in total. The number of aliphatic imine (C=N–C) groups is 1. The summed E-state index contributed by atoms with van der Waals surface area (Å²) in [6, 6.07) is 5.51. The maximum atomic E-state index is 13.1. The largest absolute Gasteiger partial charge is 0.354 e. The molecule has 0 aromatic carbocycles. The lowest BCUT2D eigenvalue weighted by molar-refractivity contribution is 0.442. The van der Waals surface area contributed by atoms with E-state index in [2.05, 4.69) is 63.1 Å². The van der Waals surface area contributed by atoms with Gasteiger partial charge in [0.05, 0.1) is 0 Å². The minimum absolute atomic E-state index is 0.0568. The molecule has 0 aliphatic heterocycles. The van der Waals surface area contributed by atoms with E-state index in [1.807, 2.05) is 18.2 Å². The summed E-state index contributed by atoms with van der Waals surface area (Å²) in [5, 5.41) is 6.25. The maximum Gasteiger partial charge on any atom is 0.232 e. The molecule has 0 radical (unpaired) electrons. The number of halogens is 1. The molecule has 2 rings (SSSR count). The molecule has 0 saturated heterocycles. The Morgan fingerprint density at radius 3 is 2.56 bits per heavy atom. The summed E-state index contributed by atoms with van der Waals surface area (Å²) in [5.74, 6) is 0.529. The molecule has 0 bridgehead atoms. The Bertz CT molecular complexity index is 839. The van der Waals surface area contributed by atoms with Crippen LogP contribution in [0.5, 0.6) is 0 Å². The molecule has 142 valence electrons. The van der Waals surface area contributed by atoms with Gasteiger partial charge in [0.25, 0.3) is 0 Å². The van der Waals surface area contributed by atoms with Crippen LogP contribution in [0.25, 0.3) is 11.5 Å². The molecule has 0 spiro atoms. The summed E-state index contributed by atoms with van der Waals surface area (Å²) >= 11 is 0. The van der Waals surface area contributed by atoms with Crippen molar-refractivity contribution in [2.24, 2.45) is 10.4 Å². The Balaban J connectivity index is 2.33. The third kappa shape index (κ3) is 6.93. The van der Waals surface area contributed by atoms with Crippen molar-refractivity contribution in [3.05, 3.63) is 48.2 Å².